The highest BCUT2D eigenvalue weighted by atomic mass is 16.5. The first-order valence-corrected chi connectivity index (χ1v) is 12.0. The molecule has 0 bridgehead atoms. The Hall–Kier alpha value is -3.32. The number of benzene rings is 2. The number of carboxylic acid groups (broad SMARTS) is 1. The number of aromatic carboxylic acids is 1. The normalized spacial score (nSPS) is 21.4. The van der Waals surface area contributed by atoms with Crippen LogP contribution in [0.25, 0.3) is 10.9 Å². The molecular formula is C27H31N3O4. The molecule has 0 aliphatic carbocycles. The average Bonchev–Trinajstić information content (AvgIpc) is 3.50. The fraction of sp³-hybridized carbons (Fsp3) is 0.407. The van der Waals surface area contributed by atoms with E-state index in [-0.39, 0.29) is 23.6 Å². The van der Waals surface area contributed by atoms with Crippen LogP contribution < -0.4 is 4.74 Å². The Balaban J connectivity index is 1.49. The van der Waals surface area contributed by atoms with Crippen molar-refractivity contribution in [3.63, 3.8) is 0 Å². The Morgan fingerprint density at radius 2 is 2.00 bits per heavy atom. The van der Waals surface area contributed by atoms with Crippen molar-refractivity contribution in [3.05, 3.63) is 64.8 Å². The number of likely N-dealkylation sites (tertiary alicyclic amines) is 2. The number of aromatic nitrogens is 1. The van der Waals surface area contributed by atoms with Gasteiger partial charge in [-0.05, 0) is 61.6 Å². The monoisotopic (exact) mass is 461 g/mol. The zero-order valence-electron chi connectivity index (χ0n) is 19.7. The van der Waals surface area contributed by atoms with Crippen LogP contribution in [-0.2, 0) is 11.3 Å². The summed E-state index contributed by atoms with van der Waals surface area (Å²) in [5.41, 5.74) is 4.78. The van der Waals surface area contributed by atoms with Crippen molar-refractivity contribution in [1.82, 2.24) is 14.8 Å². The second kappa shape index (κ2) is 9.14. The highest BCUT2D eigenvalue weighted by Crippen LogP contribution is 2.39. The Kier molecular flexibility index (Phi) is 6.04. The summed E-state index contributed by atoms with van der Waals surface area (Å²) in [6.07, 6.45) is 5.31. The number of nitrogens with one attached hydrogen (secondary N) is 1. The van der Waals surface area contributed by atoms with Crippen LogP contribution in [-0.4, -0.2) is 58.0 Å². The van der Waals surface area contributed by atoms with Gasteiger partial charge in [-0.15, -0.1) is 0 Å². The van der Waals surface area contributed by atoms with Gasteiger partial charge in [-0.3, -0.25) is 9.69 Å². The third-order valence-electron chi connectivity index (χ3n) is 7.47. The van der Waals surface area contributed by atoms with Crippen molar-refractivity contribution in [1.29, 1.82) is 0 Å². The second-order valence-corrected chi connectivity index (χ2v) is 9.42. The summed E-state index contributed by atoms with van der Waals surface area (Å²) in [4.78, 5) is 31.7. The number of carbonyl (C=O) groups is 2. The van der Waals surface area contributed by atoms with Crippen molar-refractivity contribution >= 4 is 22.8 Å². The summed E-state index contributed by atoms with van der Waals surface area (Å²) >= 11 is 0. The summed E-state index contributed by atoms with van der Waals surface area (Å²) in [5.74, 6) is 0.209. The van der Waals surface area contributed by atoms with Gasteiger partial charge in [0.25, 0.3) is 0 Å². The first-order chi connectivity index (χ1) is 16.5. The van der Waals surface area contributed by atoms with Gasteiger partial charge in [-0.2, -0.15) is 0 Å². The van der Waals surface area contributed by atoms with E-state index in [0.29, 0.717) is 13.0 Å². The molecule has 2 saturated heterocycles. The van der Waals surface area contributed by atoms with Crippen LogP contribution in [0.15, 0.2) is 42.6 Å². The highest BCUT2D eigenvalue weighted by molar-refractivity contribution is 5.88. The lowest BCUT2D eigenvalue weighted by Gasteiger charge is -2.43. The molecule has 7 nitrogen and oxygen atoms in total. The van der Waals surface area contributed by atoms with E-state index in [2.05, 4.69) is 33.8 Å². The van der Waals surface area contributed by atoms with Gasteiger partial charge >= 0.3 is 5.97 Å². The molecule has 1 aromatic heterocycles. The van der Waals surface area contributed by atoms with Gasteiger partial charge < -0.3 is 19.7 Å². The number of rotatable bonds is 6. The van der Waals surface area contributed by atoms with Crippen LogP contribution in [0.3, 0.4) is 0 Å². The molecule has 2 aliphatic heterocycles. The maximum atomic E-state index is 12.5. The summed E-state index contributed by atoms with van der Waals surface area (Å²) < 4.78 is 5.79. The van der Waals surface area contributed by atoms with Gasteiger partial charge in [0, 0.05) is 60.8 Å². The van der Waals surface area contributed by atoms with Gasteiger partial charge in [0.05, 0.1) is 12.7 Å². The molecule has 2 atom stereocenters. The number of amides is 1. The Labute approximate surface area is 199 Å². The third-order valence-corrected chi connectivity index (χ3v) is 7.47. The topological polar surface area (TPSA) is 85.9 Å². The second-order valence-electron chi connectivity index (χ2n) is 9.42. The molecule has 0 saturated carbocycles. The summed E-state index contributed by atoms with van der Waals surface area (Å²) in [6.45, 7) is 4.48. The molecular weight excluding hydrogens is 430 g/mol. The maximum absolute atomic E-state index is 12.5. The van der Waals surface area contributed by atoms with Crippen LogP contribution in [0.2, 0.25) is 0 Å². The molecule has 1 amide bonds. The number of nitrogens with zero attached hydrogens (tertiary/aromatic N) is 2. The van der Waals surface area contributed by atoms with Gasteiger partial charge in [0.1, 0.15) is 5.75 Å². The van der Waals surface area contributed by atoms with Crippen molar-refractivity contribution < 1.29 is 19.4 Å². The van der Waals surface area contributed by atoms with E-state index in [0.717, 1.165) is 65.7 Å². The molecule has 3 heterocycles. The minimum atomic E-state index is -0.924. The number of hydrogen-bond acceptors (Lipinski definition) is 4. The molecule has 34 heavy (non-hydrogen) atoms. The van der Waals surface area contributed by atoms with Crippen LogP contribution in [0.1, 0.15) is 58.8 Å². The Morgan fingerprint density at radius 1 is 1.21 bits per heavy atom. The van der Waals surface area contributed by atoms with Crippen LogP contribution in [0.4, 0.5) is 0 Å². The van der Waals surface area contributed by atoms with Gasteiger partial charge in [0.15, 0.2) is 0 Å². The van der Waals surface area contributed by atoms with Crippen LogP contribution in [0.5, 0.6) is 5.75 Å². The highest BCUT2D eigenvalue weighted by Gasteiger charge is 2.36. The fourth-order valence-electron chi connectivity index (χ4n) is 5.70. The Bertz CT molecular complexity index is 1220. The van der Waals surface area contributed by atoms with Gasteiger partial charge in [-0.25, -0.2) is 4.79 Å². The number of hydrogen-bond donors (Lipinski definition) is 2. The average molecular weight is 462 g/mol. The first kappa shape index (κ1) is 22.5. The lowest BCUT2D eigenvalue weighted by Crippen LogP contribution is -2.46. The number of aryl methyl sites for hydroxylation is 1. The summed E-state index contributed by atoms with van der Waals surface area (Å²) in [5, 5.41) is 10.5. The lowest BCUT2D eigenvalue weighted by atomic mass is 9.89. The van der Waals surface area contributed by atoms with Crippen molar-refractivity contribution in [2.45, 2.75) is 51.2 Å². The maximum Gasteiger partial charge on any atom is 0.335 e. The van der Waals surface area contributed by atoms with E-state index in [4.69, 9.17) is 4.74 Å². The molecule has 0 spiro atoms. The van der Waals surface area contributed by atoms with E-state index in [1.807, 2.05) is 18.3 Å². The molecule has 178 valence electrons. The number of H-pyrrole nitrogens is 1. The van der Waals surface area contributed by atoms with Crippen molar-refractivity contribution in [2.24, 2.45) is 0 Å². The van der Waals surface area contributed by atoms with Crippen LogP contribution >= 0.6 is 0 Å². The summed E-state index contributed by atoms with van der Waals surface area (Å²) in [6, 6.07) is 11.7. The Morgan fingerprint density at radius 3 is 2.68 bits per heavy atom. The smallest absolute Gasteiger partial charge is 0.335 e. The predicted molar refractivity (Wildman–Crippen MR) is 130 cm³/mol. The summed E-state index contributed by atoms with van der Waals surface area (Å²) in [7, 11) is 1.71. The molecule has 2 fully saturated rings. The zero-order valence-corrected chi connectivity index (χ0v) is 19.7. The number of aromatic amines is 1. The molecule has 0 radical (unpaired) electrons. The van der Waals surface area contributed by atoms with E-state index < -0.39 is 5.97 Å². The predicted octanol–water partition coefficient (Wildman–Crippen LogP) is 4.51. The number of carboxylic acids is 1. The number of fused-ring (bicyclic) bond motifs is 1. The first-order valence-electron chi connectivity index (χ1n) is 12.0. The molecule has 2 N–H and O–H groups in total. The number of piperidine rings is 1. The fourth-order valence-corrected chi connectivity index (χ4v) is 5.70. The molecule has 2 aliphatic rings. The van der Waals surface area contributed by atoms with Crippen molar-refractivity contribution in [2.75, 3.05) is 20.2 Å². The molecule has 2 aromatic carbocycles. The van der Waals surface area contributed by atoms with E-state index in [9.17, 15) is 14.7 Å². The zero-order chi connectivity index (χ0) is 23.8. The molecule has 3 aromatic rings. The lowest BCUT2D eigenvalue weighted by molar-refractivity contribution is -0.131. The number of methoxy groups -OCH3 is 1. The van der Waals surface area contributed by atoms with E-state index in [1.54, 1.807) is 19.2 Å². The molecule has 7 heteroatoms. The number of carbonyl (C=O) groups excluding carboxylic acids is 1. The largest absolute Gasteiger partial charge is 0.496 e. The van der Waals surface area contributed by atoms with E-state index >= 15 is 0 Å². The third kappa shape index (κ3) is 4.05. The molecule has 5 rings (SSSR count). The SMILES string of the molecule is COc1cc(C)c2[nH]ccc2c1CN1CC[C@@H](N2CCCC2=O)C[C@@H]1c1ccc(C(=O)O)cc1. The number of ether oxygens (including phenoxy) is 1. The van der Waals surface area contributed by atoms with E-state index in [1.165, 1.54) is 0 Å². The molecule has 0 unspecified atom stereocenters. The van der Waals surface area contributed by atoms with Gasteiger partial charge in [0.2, 0.25) is 5.91 Å². The minimum Gasteiger partial charge on any atom is -0.496 e. The van der Waals surface area contributed by atoms with Gasteiger partial charge in [-0.1, -0.05) is 12.1 Å². The minimum absolute atomic E-state index is 0.0787. The van der Waals surface area contributed by atoms with Crippen LogP contribution in [0, 0.1) is 6.92 Å². The van der Waals surface area contributed by atoms with Crippen molar-refractivity contribution in [3.8, 4) is 5.75 Å². The standard InChI is InChI=1S/C27H31N3O4/c1-17-14-24(34-2)22(21-9-11-28-26(17)21)16-29-13-10-20(30-12-3-4-25(30)31)15-23(29)18-5-7-19(8-6-18)27(32)33/h5-9,11,14,20,23,28H,3-4,10,12-13,15-16H2,1-2H3,(H,32,33)/t20-,23-/m1/s1. The quantitative estimate of drug-likeness (QED) is 0.564.